The smallest absolute Gasteiger partial charge is 0.265 e. The summed E-state index contributed by atoms with van der Waals surface area (Å²) in [6.45, 7) is 11.7. The lowest BCUT2D eigenvalue weighted by Crippen LogP contribution is -2.34. The van der Waals surface area contributed by atoms with E-state index in [0.717, 1.165) is 11.3 Å². The first-order valence-corrected chi connectivity index (χ1v) is 9.74. The van der Waals surface area contributed by atoms with Gasteiger partial charge in [-0.3, -0.25) is 14.4 Å². The summed E-state index contributed by atoms with van der Waals surface area (Å²) in [5.41, 5.74) is 1.88. The van der Waals surface area contributed by atoms with Crippen LogP contribution in [0.25, 0.3) is 11.9 Å². The molecule has 1 aromatic carbocycles. The molecule has 1 atom stereocenters. The summed E-state index contributed by atoms with van der Waals surface area (Å²) in [5.74, 6) is -1.08. The molecule has 7 heteroatoms. The van der Waals surface area contributed by atoms with Gasteiger partial charge in [-0.2, -0.15) is 0 Å². The van der Waals surface area contributed by atoms with Gasteiger partial charge in [0.05, 0.1) is 10.6 Å². The molecule has 0 spiro atoms. The highest BCUT2D eigenvalue weighted by Crippen LogP contribution is 2.38. The summed E-state index contributed by atoms with van der Waals surface area (Å²) < 4.78 is 19.5. The van der Waals surface area contributed by atoms with Crippen LogP contribution in [0.1, 0.15) is 50.7 Å². The lowest BCUT2D eigenvalue weighted by molar-refractivity contribution is -0.122. The molecule has 29 heavy (non-hydrogen) atoms. The van der Waals surface area contributed by atoms with Crippen molar-refractivity contribution in [1.82, 2.24) is 0 Å². The van der Waals surface area contributed by atoms with Crippen molar-refractivity contribution in [3.8, 4) is 5.75 Å². The van der Waals surface area contributed by atoms with Crippen LogP contribution in [0, 0.1) is 6.92 Å². The van der Waals surface area contributed by atoms with Gasteiger partial charge in [0.2, 0.25) is 5.78 Å². The summed E-state index contributed by atoms with van der Waals surface area (Å²) in [6.07, 6.45) is 0.792. The number of carbonyl (C=O) groups is 3. The van der Waals surface area contributed by atoms with Crippen molar-refractivity contribution in [1.29, 1.82) is 0 Å². The number of benzene rings is 1. The third kappa shape index (κ3) is 3.78. The maximum atomic E-state index is 13.9. The molecule has 2 heterocycles. The molecule has 1 aliphatic rings. The molecule has 2 aromatic rings. The van der Waals surface area contributed by atoms with Crippen molar-refractivity contribution >= 4 is 46.4 Å². The van der Waals surface area contributed by atoms with Crippen molar-refractivity contribution in [2.75, 3.05) is 5.32 Å². The molecular weight excluding hydrogens is 393 g/mol. The predicted octanol–water partition coefficient (Wildman–Crippen LogP) is 4.72. The van der Waals surface area contributed by atoms with Crippen LogP contribution in [-0.4, -0.2) is 23.6 Å². The largest absolute Gasteiger partial charge is 0.479 e. The lowest BCUT2D eigenvalue weighted by Gasteiger charge is -2.25. The Hall–Kier alpha value is -3.06. The van der Waals surface area contributed by atoms with E-state index in [1.54, 1.807) is 19.9 Å². The number of thiophene rings is 1. The molecule has 150 valence electrons. The van der Waals surface area contributed by atoms with E-state index < -0.39 is 11.9 Å². The van der Waals surface area contributed by atoms with Gasteiger partial charge in [-0.1, -0.05) is 19.2 Å². The maximum absolute atomic E-state index is 13.9. The number of nitrogens with one attached hydrogen (secondary N) is 1. The van der Waals surface area contributed by atoms with Crippen molar-refractivity contribution in [3.05, 3.63) is 57.3 Å². The quantitative estimate of drug-likeness (QED) is 0.696. The first-order valence-electron chi connectivity index (χ1n) is 8.93. The Kier molecular flexibility index (Phi) is 5.53. The molecular formula is C22H20FNO4S. The van der Waals surface area contributed by atoms with Crippen molar-refractivity contribution in [2.45, 2.75) is 33.3 Å². The van der Waals surface area contributed by atoms with E-state index in [1.807, 2.05) is 0 Å². The van der Waals surface area contributed by atoms with Crippen molar-refractivity contribution in [3.63, 3.8) is 0 Å². The molecule has 0 saturated carbocycles. The standard InChI is InChI=1S/C22H20FNO4S/c1-6-18-19(12(4)23)11(3)21(29-18)20(26)15-9-17-16(8-14(15)7-10(2)25)24-22(27)13(5)28-17/h6,8-9,13H,1,4,7H2,2-3,5H3,(H,24,27). The second-order valence-corrected chi connectivity index (χ2v) is 7.92. The zero-order chi connectivity index (χ0) is 21.5. The van der Waals surface area contributed by atoms with Crippen LogP contribution >= 0.6 is 11.3 Å². The Morgan fingerprint density at radius 1 is 1.38 bits per heavy atom. The van der Waals surface area contributed by atoms with Gasteiger partial charge in [0.25, 0.3) is 5.91 Å². The number of fused-ring (bicyclic) bond motifs is 1. The van der Waals surface area contributed by atoms with Gasteiger partial charge in [-0.05, 0) is 44.0 Å². The maximum Gasteiger partial charge on any atom is 0.265 e. The Morgan fingerprint density at radius 2 is 2.07 bits per heavy atom. The Labute approximate surface area is 171 Å². The van der Waals surface area contributed by atoms with Crippen LogP contribution in [0.5, 0.6) is 5.75 Å². The van der Waals surface area contributed by atoms with E-state index in [0.29, 0.717) is 32.3 Å². The number of carbonyl (C=O) groups excluding carboxylic acids is 3. The Morgan fingerprint density at radius 3 is 2.62 bits per heavy atom. The van der Waals surface area contributed by atoms with Crippen LogP contribution in [0.4, 0.5) is 10.1 Å². The van der Waals surface area contributed by atoms with Gasteiger partial charge >= 0.3 is 0 Å². The molecule has 0 aliphatic carbocycles. The van der Waals surface area contributed by atoms with E-state index in [4.69, 9.17) is 4.74 Å². The second kappa shape index (κ2) is 7.75. The second-order valence-electron chi connectivity index (χ2n) is 6.87. The topological polar surface area (TPSA) is 72.5 Å². The third-order valence-electron chi connectivity index (χ3n) is 4.66. The highest BCUT2D eigenvalue weighted by molar-refractivity contribution is 7.15. The number of anilines is 1. The van der Waals surface area contributed by atoms with Crippen LogP contribution in [0.2, 0.25) is 0 Å². The number of ether oxygens (including phenoxy) is 1. The minimum Gasteiger partial charge on any atom is -0.479 e. The minimum atomic E-state index is -0.707. The van der Waals surface area contributed by atoms with Gasteiger partial charge in [0, 0.05) is 22.4 Å². The highest BCUT2D eigenvalue weighted by Gasteiger charge is 2.29. The fourth-order valence-electron chi connectivity index (χ4n) is 3.28. The van der Waals surface area contributed by atoms with Crippen molar-refractivity contribution in [2.24, 2.45) is 0 Å². The summed E-state index contributed by atoms with van der Waals surface area (Å²) in [5, 5.41) is 2.72. The van der Waals surface area contributed by atoms with Crippen molar-refractivity contribution < 1.29 is 23.5 Å². The molecule has 5 nitrogen and oxygen atoms in total. The number of amides is 1. The van der Waals surface area contributed by atoms with E-state index in [2.05, 4.69) is 18.5 Å². The summed E-state index contributed by atoms with van der Waals surface area (Å²) in [4.78, 5) is 37.9. The van der Waals surface area contributed by atoms with E-state index >= 15 is 0 Å². The van der Waals surface area contributed by atoms with Gasteiger partial charge in [0.15, 0.2) is 6.10 Å². The third-order valence-corrected chi connectivity index (χ3v) is 5.94. The van der Waals surface area contributed by atoms with Gasteiger partial charge in [-0.15, -0.1) is 11.3 Å². The van der Waals surface area contributed by atoms with E-state index in [1.165, 1.54) is 19.1 Å². The van der Waals surface area contributed by atoms with Gasteiger partial charge in [-0.25, -0.2) is 4.39 Å². The van der Waals surface area contributed by atoms with Crippen LogP contribution < -0.4 is 10.1 Å². The average Bonchev–Trinajstić information content (AvgIpc) is 2.98. The fraction of sp³-hybridized carbons (Fsp3) is 0.227. The summed E-state index contributed by atoms with van der Waals surface area (Å²) in [6, 6.07) is 3.11. The number of rotatable bonds is 6. The van der Waals surface area contributed by atoms with Crippen LogP contribution in [0.3, 0.4) is 0 Å². The highest BCUT2D eigenvalue weighted by atomic mass is 32.1. The summed E-state index contributed by atoms with van der Waals surface area (Å²) >= 11 is 1.12. The van der Waals surface area contributed by atoms with Gasteiger partial charge < -0.3 is 10.1 Å². The molecule has 1 amide bonds. The number of hydrogen-bond acceptors (Lipinski definition) is 5. The zero-order valence-corrected chi connectivity index (χ0v) is 17.2. The number of ketones is 2. The monoisotopic (exact) mass is 413 g/mol. The Balaban J connectivity index is 2.17. The lowest BCUT2D eigenvalue weighted by atomic mass is 9.95. The zero-order valence-electron chi connectivity index (χ0n) is 16.3. The molecule has 0 bridgehead atoms. The normalized spacial score (nSPS) is 15.2. The first-order chi connectivity index (χ1) is 13.6. The Bertz CT molecular complexity index is 1080. The molecule has 3 rings (SSSR count). The molecule has 1 N–H and O–H groups in total. The van der Waals surface area contributed by atoms with E-state index in [-0.39, 0.29) is 35.0 Å². The van der Waals surface area contributed by atoms with E-state index in [9.17, 15) is 18.8 Å². The fourth-order valence-corrected chi connectivity index (χ4v) is 4.41. The number of halogens is 1. The molecule has 0 fully saturated rings. The summed E-state index contributed by atoms with van der Waals surface area (Å²) in [7, 11) is 0. The first kappa shape index (κ1) is 20.7. The molecule has 1 aliphatic heterocycles. The van der Waals surface area contributed by atoms with Gasteiger partial charge in [0.1, 0.15) is 17.4 Å². The number of Topliss-reactive ketones (excluding diaryl/α,β-unsaturated/α-hetero) is 1. The molecule has 0 saturated heterocycles. The number of hydrogen-bond donors (Lipinski definition) is 1. The predicted molar refractivity (Wildman–Crippen MR) is 112 cm³/mol. The molecule has 1 aromatic heterocycles. The average molecular weight is 413 g/mol. The SMILES string of the molecule is C=Cc1sc(C(=O)c2cc3c(cc2CC(C)=O)NC(=O)C(C)O3)c(C)c1C(=C)F. The van der Waals surface area contributed by atoms with Crippen LogP contribution in [0.15, 0.2) is 25.3 Å². The molecule has 0 radical (unpaired) electrons. The van der Waals surface area contributed by atoms with Crippen LogP contribution in [-0.2, 0) is 16.0 Å². The minimum absolute atomic E-state index is 0.0151. The molecule has 1 unspecified atom stereocenters.